The van der Waals surface area contributed by atoms with Gasteiger partial charge < -0.3 is 15.9 Å². The second-order valence-electron chi connectivity index (χ2n) is 4.31. The molecule has 4 nitrogen and oxygen atoms in total. The van der Waals surface area contributed by atoms with Crippen LogP contribution in [0.3, 0.4) is 0 Å². The van der Waals surface area contributed by atoms with E-state index in [4.69, 9.17) is 22.4 Å². The highest BCUT2D eigenvalue weighted by Crippen LogP contribution is 2.32. The number of phenolic OH excluding ortho intramolecular Hbond substituents is 1. The molecule has 4 N–H and O–H groups in total. The average Bonchev–Trinajstić information content (AvgIpc) is 2.23. The van der Waals surface area contributed by atoms with Gasteiger partial charge in [0.05, 0.1) is 5.02 Å². The van der Waals surface area contributed by atoms with E-state index in [0.29, 0.717) is 5.56 Å². The molecular weight excluding hydrogens is 242 g/mol. The summed E-state index contributed by atoms with van der Waals surface area (Å²) < 4.78 is 0. The first-order valence-corrected chi connectivity index (χ1v) is 5.70. The van der Waals surface area contributed by atoms with Crippen molar-refractivity contribution in [3.05, 3.63) is 28.3 Å². The quantitative estimate of drug-likeness (QED) is 0.772. The molecule has 0 aliphatic carbocycles. The molecule has 17 heavy (non-hydrogen) atoms. The van der Waals surface area contributed by atoms with Crippen molar-refractivity contribution in [1.82, 2.24) is 0 Å². The van der Waals surface area contributed by atoms with E-state index in [2.05, 4.69) is 0 Å². The summed E-state index contributed by atoms with van der Waals surface area (Å²) >= 11 is 5.89. The summed E-state index contributed by atoms with van der Waals surface area (Å²) in [7, 11) is 0. The number of phenols is 1. The maximum atomic E-state index is 10.7. The summed E-state index contributed by atoms with van der Waals surface area (Å²) in [6.45, 7) is 3.98. The molecule has 0 bridgehead atoms. The van der Waals surface area contributed by atoms with Gasteiger partial charge in [-0.3, -0.25) is 4.79 Å². The third-order valence-corrected chi connectivity index (χ3v) is 2.88. The maximum Gasteiger partial charge on any atom is 0.320 e. The Morgan fingerprint density at radius 3 is 2.53 bits per heavy atom. The zero-order valence-corrected chi connectivity index (χ0v) is 10.5. The third kappa shape index (κ3) is 3.35. The number of carboxylic acids is 1. The molecule has 0 aliphatic heterocycles. The van der Waals surface area contributed by atoms with Gasteiger partial charge in [-0.2, -0.15) is 0 Å². The second-order valence-corrected chi connectivity index (χ2v) is 4.72. The molecule has 0 saturated heterocycles. The Kier molecular flexibility index (Phi) is 4.37. The van der Waals surface area contributed by atoms with Gasteiger partial charge in [0.2, 0.25) is 0 Å². The smallest absolute Gasteiger partial charge is 0.320 e. The van der Waals surface area contributed by atoms with Crippen LogP contribution in [0, 0.1) is 0 Å². The number of halogens is 1. The fourth-order valence-corrected chi connectivity index (χ4v) is 1.74. The Morgan fingerprint density at radius 1 is 1.47 bits per heavy atom. The van der Waals surface area contributed by atoms with Crippen molar-refractivity contribution in [3.8, 4) is 5.75 Å². The normalized spacial score (nSPS) is 12.8. The number of aromatic hydroxyl groups is 1. The molecular formula is C12H16ClNO3. The van der Waals surface area contributed by atoms with Crippen LogP contribution in [0.25, 0.3) is 0 Å². The van der Waals surface area contributed by atoms with Crippen LogP contribution in [0.15, 0.2) is 12.1 Å². The number of hydrogen-bond acceptors (Lipinski definition) is 3. The minimum atomic E-state index is -1.10. The van der Waals surface area contributed by atoms with Crippen molar-refractivity contribution < 1.29 is 15.0 Å². The van der Waals surface area contributed by atoms with E-state index in [9.17, 15) is 9.90 Å². The second kappa shape index (κ2) is 5.38. The third-order valence-electron chi connectivity index (χ3n) is 2.59. The van der Waals surface area contributed by atoms with Crippen LogP contribution >= 0.6 is 11.6 Å². The first kappa shape index (κ1) is 13.8. The van der Waals surface area contributed by atoms with E-state index >= 15 is 0 Å². The van der Waals surface area contributed by atoms with Gasteiger partial charge in [0.15, 0.2) is 0 Å². The zero-order valence-electron chi connectivity index (χ0n) is 9.77. The average molecular weight is 258 g/mol. The van der Waals surface area contributed by atoms with Crippen LogP contribution in [0.5, 0.6) is 5.75 Å². The molecule has 0 aliphatic rings. The Bertz CT molecular complexity index is 432. The topological polar surface area (TPSA) is 83.5 Å². The summed E-state index contributed by atoms with van der Waals surface area (Å²) in [5, 5.41) is 18.7. The molecule has 0 radical (unpaired) electrons. The van der Waals surface area contributed by atoms with Crippen molar-refractivity contribution in [2.24, 2.45) is 5.73 Å². The lowest BCUT2D eigenvalue weighted by molar-refractivity contribution is -0.138. The highest BCUT2D eigenvalue weighted by molar-refractivity contribution is 6.32. The van der Waals surface area contributed by atoms with Crippen molar-refractivity contribution >= 4 is 17.6 Å². The molecule has 94 valence electrons. The SMILES string of the molecule is CC(C)c1cc(Cl)c(O)c(CC(N)C(=O)O)c1. The molecule has 1 unspecified atom stereocenters. The number of nitrogens with two attached hydrogens (primary N) is 1. The molecule has 0 saturated carbocycles. The van der Waals surface area contributed by atoms with Crippen LogP contribution in [0.2, 0.25) is 5.02 Å². The van der Waals surface area contributed by atoms with Crippen LogP contribution in [0.4, 0.5) is 0 Å². The Morgan fingerprint density at radius 2 is 2.06 bits per heavy atom. The molecule has 1 aromatic rings. The predicted molar refractivity (Wildman–Crippen MR) is 66.5 cm³/mol. The number of carbonyl (C=O) groups is 1. The molecule has 0 amide bonds. The zero-order chi connectivity index (χ0) is 13.2. The molecule has 1 atom stereocenters. The Labute approximate surface area is 105 Å². The Hall–Kier alpha value is -1.26. The molecule has 0 heterocycles. The first-order valence-electron chi connectivity index (χ1n) is 5.32. The number of hydrogen-bond donors (Lipinski definition) is 3. The van der Waals surface area contributed by atoms with Gasteiger partial charge in [-0.15, -0.1) is 0 Å². The number of rotatable bonds is 4. The molecule has 0 fully saturated rings. The van der Waals surface area contributed by atoms with Crippen LogP contribution in [-0.4, -0.2) is 22.2 Å². The summed E-state index contributed by atoms with van der Waals surface area (Å²) in [6.07, 6.45) is 0.0570. The van der Waals surface area contributed by atoms with E-state index in [1.165, 1.54) is 0 Å². The summed E-state index contributed by atoms with van der Waals surface area (Å²) in [5.74, 6) is -0.948. The summed E-state index contributed by atoms with van der Waals surface area (Å²) in [4.78, 5) is 10.7. The van der Waals surface area contributed by atoms with Gasteiger partial charge in [-0.1, -0.05) is 31.5 Å². The number of carboxylic acid groups (broad SMARTS) is 1. The molecule has 0 aromatic heterocycles. The lowest BCUT2D eigenvalue weighted by Gasteiger charge is -2.13. The van der Waals surface area contributed by atoms with Gasteiger partial charge in [0, 0.05) is 6.42 Å². The van der Waals surface area contributed by atoms with Gasteiger partial charge in [-0.25, -0.2) is 0 Å². The van der Waals surface area contributed by atoms with Crippen molar-refractivity contribution in [2.45, 2.75) is 32.2 Å². The highest BCUT2D eigenvalue weighted by Gasteiger charge is 2.17. The molecule has 1 aromatic carbocycles. The van der Waals surface area contributed by atoms with E-state index in [0.717, 1.165) is 5.56 Å². The van der Waals surface area contributed by atoms with Crippen LogP contribution < -0.4 is 5.73 Å². The highest BCUT2D eigenvalue weighted by atomic mass is 35.5. The molecule has 5 heteroatoms. The van der Waals surface area contributed by atoms with Crippen molar-refractivity contribution in [3.63, 3.8) is 0 Å². The van der Waals surface area contributed by atoms with E-state index in [1.54, 1.807) is 12.1 Å². The van der Waals surface area contributed by atoms with Crippen molar-refractivity contribution in [2.75, 3.05) is 0 Å². The fourth-order valence-electron chi connectivity index (χ4n) is 1.49. The molecule has 0 spiro atoms. The largest absolute Gasteiger partial charge is 0.506 e. The van der Waals surface area contributed by atoms with Crippen LogP contribution in [-0.2, 0) is 11.2 Å². The first-order chi connectivity index (χ1) is 7.82. The van der Waals surface area contributed by atoms with Gasteiger partial charge in [-0.05, 0) is 23.1 Å². The van der Waals surface area contributed by atoms with E-state index in [1.807, 2.05) is 13.8 Å². The summed E-state index contributed by atoms with van der Waals surface area (Å²) in [5.41, 5.74) is 6.85. The van der Waals surface area contributed by atoms with Gasteiger partial charge in [0.25, 0.3) is 0 Å². The monoisotopic (exact) mass is 257 g/mol. The van der Waals surface area contributed by atoms with Crippen LogP contribution in [0.1, 0.15) is 30.9 Å². The lowest BCUT2D eigenvalue weighted by atomic mass is 9.97. The van der Waals surface area contributed by atoms with Crippen molar-refractivity contribution in [1.29, 1.82) is 0 Å². The number of benzene rings is 1. The van der Waals surface area contributed by atoms with Gasteiger partial charge >= 0.3 is 5.97 Å². The summed E-state index contributed by atoms with van der Waals surface area (Å²) in [6, 6.07) is 2.38. The number of aliphatic carboxylic acids is 1. The predicted octanol–water partition coefficient (Wildman–Crippen LogP) is 2.12. The van der Waals surface area contributed by atoms with Gasteiger partial charge in [0.1, 0.15) is 11.8 Å². The van der Waals surface area contributed by atoms with E-state index in [-0.39, 0.29) is 23.1 Å². The minimum Gasteiger partial charge on any atom is -0.506 e. The Balaban J connectivity index is 3.09. The standard InChI is InChI=1S/C12H16ClNO3/c1-6(2)7-3-8(5-10(14)12(16)17)11(15)9(13)4-7/h3-4,6,10,15H,5,14H2,1-2H3,(H,16,17). The maximum absolute atomic E-state index is 10.7. The minimum absolute atomic E-state index is 0.0570. The molecule has 1 rings (SSSR count). The fraction of sp³-hybridized carbons (Fsp3) is 0.417. The lowest BCUT2D eigenvalue weighted by Crippen LogP contribution is -2.32. The van der Waals surface area contributed by atoms with E-state index < -0.39 is 12.0 Å².